The lowest BCUT2D eigenvalue weighted by Gasteiger charge is -2.20. The van der Waals surface area contributed by atoms with Crippen molar-refractivity contribution in [3.05, 3.63) is 23.7 Å². The van der Waals surface area contributed by atoms with Gasteiger partial charge >= 0.3 is 0 Å². The average molecular weight is 230 g/mol. The van der Waals surface area contributed by atoms with Crippen LogP contribution in [0.5, 0.6) is 0 Å². The van der Waals surface area contributed by atoms with Crippen LogP contribution in [0.3, 0.4) is 0 Å². The highest BCUT2D eigenvalue weighted by Crippen LogP contribution is 2.19. The lowest BCUT2D eigenvalue weighted by molar-refractivity contribution is 0.0865. The normalized spacial score (nSPS) is 17.1. The minimum atomic E-state index is 0. The predicted molar refractivity (Wildman–Crippen MR) is 60.6 cm³/mol. The first kappa shape index (κ1) is 12.3. The molecule has 0 radical (unpaired) electrons. The molecule has 1 aliphatic heterocycles. The van der Waals surface area contributed by atoms with E-state index in [2.05, 4.69) is 5.32 Å². The average Bonchev–Trinajstić information content (AvgIpc) is 2.65. The van der Waals surface area contributed by atoms with Gasteiger partial charge in [-0.1, -0.05) is 0 Å². The fourth-order valence-electron chi connectivity index (χ4n) is 1.85. The summed E-state index contributed by atoms with van der Waals surface area (Å²) in [4.78, 5) is 11.9. The zero-order chi connectivity index (χ0) is 9.97. The summed E-state index contributed by atoms with van der Waals surface area (Å²) in [6.07, 6.45) is 1.86. The second-order valence-corrected chi connectivity index (χ2v) is 3.80. The maximum Gasteiger partial charge on any atom is 0.201 e. The van der Waals surface area contributed by atoms with Crippen molar-refractivity contribution in [3.8, 4) is 0 Å². The van der Waals surface area contributed by atoms with Crippen molar-refractivity contribution < 1.29 is 9.21 Å². The Hall–Kier alpha value is -0.800. The molecule has 1 aromatic rings. The van der Waals surface area contributed by atoms with Gasteiger partial charge in [-0.2, -0.15) is 0 Å². The van der Waals surface area contributed by atoms with Gasteiger partial charge in [-0.25, -0.2) is 0 Å². The molecule has 4 heteroatoms. The topological polar surface area (TPSA) is 42.2 Å². The highest BCUT2D eigenvalue weighted by atomic mass is 35.5. The molecule has 0 amide bonds. The second kappa shape index (κ2) is 5.33. The first-order valence-electron chi connectivity index (χ1n) is 5.09. The Labute approximate surface area is 95.6 Å². The Kier molecular flexibility index (Phi) is 4.36. The minimum absolute atomic E-state index is 0. The van der Waals surface area contributed by atoms with E-state index in [0.29, 0.717) is 5.76 Å². The van der Waals surface area contributed by atoms with E-state index in [4.69, 9.17) is 4.42 Å². The molecule has 15 heavy (non-hydrogen) atoms. The molecule has 0 aliphatic carbocycles. The van der Waals surface area contributed by atoms with E-state index in [1.165, 1.54) is 0 Å². The predicted octanol–water partition coefficient (Wildman–Crippen LogP) is 2.19. The molecule has 3 nitrogen and oxygen atoms in total. The third kappa shape index (κ3) is 2.83. The summed E-state index contributed by atoms with van der Waals surface area (Å²) in [5.74, 6) is 1.65. The van der Waals surface area contributed by atoms with Gasteiger partial charge in [0.1, 0.15) is 5.76 Å². The van der Waals surface area contributed by atoms with E-state index < -0.39 is 0 Å². The van der Waals surface area contributed by atoms with Crippen molar-refractivity contribution in [2.45, 2.75) is 19.8 Å². The van der Waals surface area contributed by atoms with Gasteiger partial charge in [0, 0.05) is 5.92 Å². The van der Waals surface area contributed by atoms with Crippen molar-refractivity contribution in [2.75, 3.05) is 13.1 Å². The molecule has 0 unspecified atom stereocenters. The number of aryl methyl sites for hydroxylation is 1. The van der Waals surface area contributed by atoms with Crippen molar-refractivity contribution >= 4 is 18.2 Å². The first-order chi connectivity index (χ1) is 6.77. The van der Waals surface area contributed by atoms with E-state index in [0.717, 1.165) is 31.7 Å². The molecule has 0 spiro atoms. The van der Waals surface area contributed by atoms with Crippen LogP contribution < -0.4 is 5.32 Å². The summed E-state index contributed by atoms with van der Waals surface area (Å²) in [5.41, 5.74) is 0. The molecule has 0 bridgehead atoms. The lowest BCUT2D eigenvalue weighted by Crippen LogP contribution is -2.31. The number of carbonyl (C=O) groups is 1. The van der Waals surface area contributed by atoms with Crippen molar-refractivity contribution in [3.63, 3.8) is 0 Å². The third-order valence-electron chi connectivity index (χ3n) is 2.69. The molecular formula is C11H16ClNO2. The Morgan fingerprint density at radius 2 is 2.07 bits per heavy atom. The molecule has 1 aromatic heterocycles. The maximum atomic E-state index is 11.9. The van der Waals surface area contributed by atoms with Crippen LogP contribution in [-0.2, 0) is 0 Å². The van der Waals surface area contributed by atoms with Crippen LogP contribution in [-0.4, -0.2) is 18.9 Å². The zero-order valence-corrected chi connectivity index (χ0v) is 9.60. The van der Waals surface area contributed by atoms with Gasteiger partial charge in [0.25, 0.3) is 0 Å². The van der Waals surface area contributed by atoms with Gasteiger partial charge in [0.2, 0.25) is 5.78 Å². The van der Waals surface area contributed by atoms with Crippen LogP contribution in [0, 0.1) is 12.8 Å². The number of nitrogens with one attached hydrogen (secondary N) is 1. The van der Waals surface area contributed by atoms with Gasteiger partial charge in [0.05, 0.1) is 0 Å². The number of furan rings is 1. The fourth-order valence-corrected chi connectivity index (χ4v) is 1.85. The number of carbonyl (C=O) groups excluding carboxylic acids is 1. The van der Waals surface area contributed by atoms with Crippen LogP contribution in [0.2, 0.25) is 0 Å². The number of rotatable bonds is 2. The van der Waals surface area contributed by atoms with Gasteiger partial charge in [0.15, 0.2) is 5.76 Å². The molecule has 0 atom stereocenters. The standard InChI is InChI=1S/C11H15NO2.ClH/c1-8-2-3-10(14-8)11(13)9-4-6-12-7-5-9;/h2-3,9,12H,4-7H2,1H3;1H. The fraction of sp³-hybridized carbons (Fsp3) is 0.545. The van der Waals surface area contributed by atoms with E-state index in [9.17, 15) is 4.79 Å². The highest BCUT2D eigenvalue weighted by molar-refractivity contribution is 5.95. The largest absolute Gasteiger partial charge is 0.458 e. The van der Waals surface area contributed by atoms with Gasteiger partial charge < -0.3 is 9.73 Å². The summed E-state index contributed by atoms with van der Waals surface area (Å²) >= 11 is 0. The van der Waals surface area contributed by atoms with Crippen LogP contribution >= 0.6 is 12.4 Å². The molecule has 84 valence electrons. The molecule has 0 saturated carbocycles. The van der Waals surface area contributed by atoms with E-state index >= 15 is 0 Å². The summed E-state index contributed by atoms with van der Waals surface area (Å²) in [5, 5.41) is 3.24. The monoisotopic (exact) mass is 229 g/mol. The molecular weight excluding hydrogens is 214 g/mol. The van der Waals surface area contributed by atoms with Gasteiger partial charge in [-0.3, -0.25) is 4.79 Å². The van der Waals surface area contributed by atoms with Crippen LogP contribution in [0.4, 0.5) is 0 Å². The number of Topliss-reactive ketones (excluding diaryl/α,β-unsaturated/α-hetero) is 1. The minimum Gasteiger partial charge on any atom is -0.458 e. The molecule has 1 N–H and O–H groups in total. The SMILES string of the molecule is Cc1ccc(C(=O)C2CCNCC2)o1.Cl. The third-order valence-corrected chi connectivity index (χ3v) is 2.69. The number of halogens is 1. The first-order valence-corrected chi connectivity index (χ1v) is 5.09. The van der Waals surface area contributed by atoms with Gasteiger partial charge in [-0.15, -0.1) is 12.4 Å². The van der Waals surface area contributed by atoms with Crippen LogP contribution in [0.25, 0.3) is 0 Å². The van der Waals surface area contributed by atoms with Crippen molar-refractivity contribution in [2.24, 2.45) is 5.92 Å². The number of hydrogen-bond donors (Lipinski definition) is 1. The summed E-state index contributed by atoms with van der Waals surface area (Å²) in [6, 6.07) is 3.62. The Morgan fingerprint density at radius 3 is 2.60 bits per heavy atom. The Balaban J connectivity index is 0.00000112. The Morgan fingerprint density at radius 1 is 1.40 bits per heavy atom. The van der Waals surface area contributed by atoms with E-state index in [1.54, 1.807) is 6.07 Å². The van der Waals surface area contributed by atoms with Crippen LogP contribution in [0.15, 0.2) is 16.5 Å². The van der Waals surface area contributed by atoms with Crippen molar-refractivity contribution in [1.82, 2.24) is 5.32 Å². The molecule has 2 heterocycles. The van der Waals surface area contributed by atoms with E-state index in [-0.39, 0.29) is 24.1 Å². The quantitative estimate of drug-likeness (QED) is 0.791. The lowest BCUT2D eigenvalue weighted by atomic mass is 9.92. The highest BCUT2D eigenvalue weighted by Gasteiger charge is 2.24. The zero-order valence-electron chi connectivity index (χ0n) is 8.79. The Bertz CT molecular complexity index is 329. The van der Waals surface area contributed by atoms with Crippen molar-refractivity contribution in [1.29, 1.82) is 0 Å². The maximum absolute atomic E-state index is 11.9. The number of ketones is 1. The number of hydrogen-bond acceptors (Lipinski definition) is 3. The smallest absolute Gasteiger partial charge is 0.201 e. The second-order valence-electron chi connectivity index (χ2n) is 3.80. The summed E-state index contributed by atoms with van der Waals surface area (Å²) in [7, 11) is 0. The molecule has 1 fully saturated rings. The molecule has 1 aliphatic rings. The molecule has 0 aromatic carbocycles. The summed E-state index contributed by atoms with van der Waals surface area (Å²) in [6.45, 7) is 3.74. The molecule has 2 rings (SSSR count). The summed E-state index contributed by atoms with van der Waals surface area (Å²) < 4.78 is 5.33. The molecule has 1 saturated heterocycles. The van der Waals surface area contributed by atoms with Crippen LogP contribution in [0.1, 0.15) is 29.2 Å². The van der Waals surface area contributed by atoms with E-state index in [1.807, 2.05) is 13.0 Å². The number of piperidine rings is 1. The van der Waals surface area contributed by atoms with Gasteiger partial charge in [-0.05, 0) is 45.0 Å².